The summed E-state index contributed by atoms with van der Waals surface area (Å²) in [5, 5.41) is 4.41. The number of nitrogens with zero attached hydrogens (tertiary/aromatic N) is 4. The van der Waals surface area contributed by atoms with Crippen molar-refractivity contribution in [2.75, 3.05) is 0 Å². The first-order chi connectivity index (χ1) is 9.02. The van der Waals surface area contributed by atoms with Crippen molar-refractivity contribution in [3.05, 3.63) is 33.8 Å². The van der Waals surface area contributed by atoms with Gasteiger partial charge in [0.25, 0.3) is 5.95 Å². The van der Waals surface area contributed by atoms with E-state index in [0.717, 1.165) is 34.3 Å². The van der Waals surface area contributed by atoms with Gasteiger partial charge in [0, 0.05) is 18.4 Å². The number of halogens is 1. The van der Waals surface area contributed by atoms with E-state index in [0.29, 0.717) is 5.95 Å². The Morgan fingerprint density at radius 1 is 1.32 bits per heavy atom. The van der Waals surface area contributed by atoms with Crippen LogP contribution in [0.4, 0.5) is 0 Å². The van der Waals surface area contributed by atoms with Crippen molar-refractivity contribution in [3.8, 4) is 5.95 Å². The van der Waals surface area contributed by atoms with Crippen molar-refractivity contribution >= 4 is 15.9 Å². The molecule has 102 valence electrons. The first kappa shape index (κ1) is 14.1. The molecule has 2 heterocycles. The standard InChI is InChI=1S/C13H18BrN5/c1-4-11(15)5-10-6-16-13(17-7-10)19-9(3)12(14)8(2)18-19/h6-7,11H,4-5,15H2,1-3H3. The molecule has 2 aromatic heterocycles. The van der Waals surface area contributed by atoms with E-state index in [2.05, 4.69) is 37.9 Å². The van der Waals surface area contributed by atoms with Gasteiger partial charge in [0.05, 0.1) is 15.9 Å². The molecule has 0 saturated heterocycles. The van der Waals surface area contributed by atoms with Crippen LogP contribution in [0.3, 0.4) is 0 Å². The molecule has 1 atom stereocenters. The van der Waals surface area contributed by atoms with Crippen LogP contribution < -0.4 is 5.73 Å². The van der Waals surface area contributed by atoms with Crippen LogP contribution in [0.15, 0.2) is 16.9 Å². The minimum absolute atomic E-state index is 0.164. The van der Waals surface area contributed by atoms with Gasteiger partial charge in [0.2, 0.25) is 0 Å². The Labute approximate surface area is 121 Å². The Hall–Kier alpha value is -1.27. The Kier molecular flexibility index (Phi) is 4.31. The number of hydrogen-bond donors (Lipinski definition) is 1. The fourth-order valence-electron chi connectivity index (χ4n) is 1.83. The molecule has 2 N–H and O–H groups in total. The van der Waals surface area contributed by atoms with Crippen molar-refractivity contribution in [1.82, 2.24) is 19.7 Å². The Morgan fingerprint density at radius 3 is 2.42 bits per heavy atom. The number of rotatable bonds is 4. The predicted octanol–water partition coefficient (Wildman–Crippen LogP) is 2.32. The lowest BCUT2D eigenvalue weighted by Gasteiger charge is -2.08. The summed E-state index contributed by atoms with van der Waals surface area (Å²) < 4.78 is 2.73. The van der Waals surface area contributed by atoms with Gasteiger partial charge in [0.15, 0.2) is 0 Å². The van der Waals surface area contributed by atoms with Gasteiger partial charge < -0.3 is 5.73 Å². The molecule has 0 bridgehead atoms. The lowest BCUT2D eigenvalue weighted by Crippen LogP contribution is -2.21. The Bertz CT molecular complexity index is 561. The molecule has 2 aromatic rings. The second-order valence-electron chi connectivity index (χ2n) is 4.66. The molecule has 0 aliphatic rings. The normalized spacial score (nSPS) is 12.7. The van der Waals surface area contributed by atoms with Crippen molar-refractivity contribution in [3.63, 3.8) is 0 Å². The maximum absolute atomic E-state index is 5.92. The van der Waals surface area contributed by atoms with Crippen LogP contribution >= 0.6 is 15.9 Å². The molecule has 6 heteroatoms. The van der Waals surface area contributed by atoms with Crippen LogP contribution in [0.2, 0.25) is 0 Å². The summed E-state index contributed by atoms with van der Waals surface area (Å²) in [6.45, 7) is 6.00. The number of nitrogens with two attached hydrogens (primary N) is 1. The lowest BCUT2D eigenvalue weighted by molar-refractivity contribution is 0.641. The van der Waals surface area contributed by atoms with Gasteiger partial charge >= 0.3 is 0 Å². The summed E-state index contributed by atoms with van der Waals surface area (Å²) in [6.07, 6.45) is 5.40. The van der Waals surface area contributed by atoms with Gasteiger partial charge in [0.1, 0.15) is 0 Å². The Balaban J connectivity index is 2.25. The third kappa shape index (κ3) is 3.01. The van der Waals surface area contributed by atoms with E-state index in [1.54, 1.807) is 4.68 Å². The Morgan fingerprint density at radius 2 is 1.95 bits per heavy atom. The van der Waals surface area contributed by atoms with Crippen LogP contribution in [-0.4, -0.2) is 25.8 Å². The zero-order valence-corrected chi connectivity index (χ0v) is 13.0. The molecule has 0 amide bonds. The van der Waals surface area contributed by atoms with Crippen LogP contribution in [-0.2, 0) is 6.42 Å². The molecular weight excluding hydrogens is 306 g/mol. The van der Waals surface area contributed by atoms with Crippen LogP contribution in [0.5, 0.6) is 0 Å². The topological polar surface area (TPSA) is 69.6 Å². The highest BCUT2D eigenvalue weighted by atomic mass is 79.9. The largest absolute Gasteiger partial charge is 0.327 e. The molecule has 0 aliphatic carbocycles. The molecule has 1 unspecified atom stereocenters. The summed E-state index contributed by atoms with van der Waals surface area (Å²) >= 11 is 3.50. The SMILES string of the molecule is CCC(N)Cc1cnc(-n2nc(C)c(Br)c2C)nc1. The van der Waals surface area contributed by atoms with Gasteiger partial charge in [-0.2, -0.15) is 5.10 Å². The second kappa shape index (κ2) is 5.79. The maximum atomic E-state index is 5.92. The van der Waals surface area contributed by atoms with E-state index < -0.39 is 0 Å². The summed E-state index contributed by atoms with van der Waals surface area (Å²) in [7, 11) is 0. The van der Waals surface area contributed by atoms with Crippen LogP contribution in [0.1, 0.15) is 30.3 Å². The van der Waals surface area contributed by atoms with E-state index in [4.69, 9.17) is 5.73 Å². The first-order valence-corrected chi connectivity index (χ1v) is 7.10. The smallest absolute Gasteiger partial charge is 0.250 e. The molecule has 0 fully saturated rings. The quantitative estimate of drug-likeness (QED) is 0.937. The molecule has 0 spiro atoms. The average Bonchev–Trinajstić information content (AvgIpc) is 2.67. The van der Waals surface area contributed by atoms with Gasteiger partial charge in [-0.1, -0.05) is 6.92 Å². The van der Waals surface area contributed by atoms with Crippen molar-refractivity contribution in [1.29, 1.82) is 0 Å². The highest BCUT2D eigenvalue weighted by Crippen LogP contribution is 2.21. The van der Waals surface area contributed by atoms with E-state index in [9.17, 15) is 0 Å². The molecule has 5 nitrogen and oxygen atoms in total. The third-order valence-corrected chi connectivity index (χ3v) is 4.25. The molecule has 0 saturated carbocycles. The number of hydrogen-bond acceptors (Lipinski definition) is 4. The van der Waals surface area contributed by atoms with Crippen LogP contribution in [0, 0.1) is 13.8 Å². The fraction of sp³-hybridized carbons (Fsp3) is 0.462. The highest BCUT2D eigenvalue weighted by molar-refractivity contribution is 9.10. The van der Waals surface area contributed by atoms with Crippen molar-refractivity contribution < 1.29 is 0 Å². The summed E-state index contributed by atoms with van der Waals surface area (Å²) in [5.74, 6) is 0.583. The number of aromatic nitrogens is 4. The number of aryl methyl sites for hydroxylation is 1. The van der Waals surface area contributed by atoms with E-state index in [-0.39, 0.29) is 6.04 Å². The summed E-state index contributed by atoms with van der Waals surface area (Å²) in [4.78, 5) is 8.73. The zero-order valence-electron chi connectivity index (χ0n) is 11.4. The zero-order chi connectivity index (χ0) is 14.0. The summed E-state index contributed by atoms with van der Waals surface area (Å²) in [5.41, 5.74) is 8.90. The minimum Gasteiger partial charge on any atom is -0.327 e. The fourth-order valence-corrected chi connectivity index (χ4v) is 2.08. The molecule has 2 rings (SSSR count). The van der Waals surface area contributed by atoms with E-state index in [1.807, 2.05) is 26.2 Å². The maximum Gasteiger partial charge on any atom is 0.250 e. The predicted molar refractivity (Wildman–Crippen MR) is 78.3 cm³/mol. The van der Waals surface area contributed by atoms with Crippen molar-refractivity contribution in [2.45, 2.75) is 39.7 Å². The highest BCUT2D eigenvalue weighted by Gasteiger charge is 2.12. The first-order valence-electron chi connectivity index (χ1n) is 6.31. The monoisotopic (exact) mass is 323 g/mol. The van der Waals surface area contributed by atoms with Gasteiger partial charge in [-0.05, 0) is 48.2 Å². The van der Waals surface area contributed by atoms with Crippen molar-refractivity contribution in [2.24, 2.45) is 5.73 Å². The van der Waals surface area contributed by atoms with Crippen LogP contribution in [0.25, 0.3) is 5.95 Å². The lowest BCUT2D eigenvalue weighted by atomic mass is 10.1. The van der Waals surface area contributed by atoms with E-state index in [1.165, 1.54) is 0 Å². The molecule has 0 aromatic carbocycles. The van der Waals surface area contributed by atoms with Gasteiger partial charge in [-0.3, -0.25) is 0 Å². The van der Waals surface area contributed by atoms with Gasteiger partial charge in [-0.15, -0.1) is 0 Å². The minimum atomic E-state index is 0.164. The molecule has 0 aliphatic heterocycles. The average molecular weight is 324 g/mol. The molecule has 0 radical (unpaired) electrons. The molecular formula is C13H18BrN5. The van der Waals surface area contributed by atoms with E-state index >= 15 is 0 Å². The molecule has 19 heavy (non-hydrogen) atoms. The third-order valence-electron chi connectivity index (χ3n) is 3.11. The van der Waals surface area contributed by atoms with Gasteiger partial charge in [-0.25, -0.2) is 14.6 Å². The second-order valence-corrected chi connectivity index (χ2v) is 5.45. The summed E-state index contributed by atoms with van der Waals surface area (Å²) in [6, 6.07) is 0.164.